The van der Waals surface area contributed by atoms with E-state index < -0.39 is 0 Å². The number of hydrogen-bond donors (Lipinski definition) is 0. The number of nitrogens with zero attached hydrogens (tertiary/aromatic N) is 4. The first-order chi connectivity index (χ1) is 12.7. The lowest BCUT2D eigenvalue weighted by Crippen LogP contribution is -2.33. The van der Waals surface area contributed by atoms with Crippen molar-refractivity contribution in [2.45, 2.75) is 13.1 Å². The maximum atomic E-state index is 12.5. The van der Waals surface area contributed by atoms with Gasteiger partial charge in [0.2, 0.25) is 0 Å². The second-order valence-electron chi connectivity index (χ2n) is 6.04. The van der Waals surface area contributed by atoms with Gasteiger partial charge in [-0.1, -0.05) is 47.1 Å². The fraction of sp³-hybridized carbons (Fsp3) is 0.100. The fourth-order valence-corrected chi connectivity index (χ4v) is 3.02. The molecule has 0 atom stereocenters. The molecule has 0 fully saturated rings. The summed E-state index contributed by atoms with van der Waals surface area (Å²) in [5.41, 5.74) is 2.51. The van der Waals surface area contributed by atoms with Crippen LogP contribution in [-0.2, 0) is 13.1 Å². The highest BCUT2D eigenvalue weighted by atomic mass is 35.5. The van der Waals surface area contributed by atoms with Crippen LogP contribution in [0.5, 0.6) is 0 Å². The summed E-state index contributed by atoms with van der Waals surface area (Å²) in [6.45, 7) is 1.07. The molecule has 0 saturated heterocycles. The smallest absolute Gasteiger partial charge is 0.267 e. The van der Waals surface area contributed by atoms with Gasteiger partial charge in [0.05, 0.1) is 17.0 Å². The first-order valence-electron chi connectivity index (χ1n) is 8.24. The monoisotopic (exact) mass is 363 g/mol. The third-order valence-electron chi connectivity index (χ3n) is 4.23. The fourth-order valence-electron chi connectivity index (χ4n) is 2.82. The summed E-state index contributed by atoms with van der Waals surface area (Å²) in [6.07, 6.45) is 3.94. The van der Waals surface area contributed by atoms with E-state index in [9.17, 15) is 4.79 Å². The van der Waals surface area contributed by atoms with Crippen molar-refractivity contribution in [3.63, 3.8) is 0 Å². The van der Waals surface area contributed by atoms with E-state index in [1.807, 2.05) is 65.5 Å². The van der Waals surface area contributed by atoms with Gasteiger partial charge in [0.15, 0.2) is 18.9 Å². The Morgan fingerprint density at radius 2 is 1.69 bits per heavy atom. The van der Waals surface area contributed by atoms with E-state index in [4.69, 9.17) is 11.6 Å². The van der Waals surface area contributed by atoms with Crippen molar-refractivity contribution in [1.82, 2.24) is 15.0 Å². The van der Waals surface area contributed by atoms with E-state index in [-0.39, 0.29) is 5.56 Å². The highest BCUT2D eigenvalue weighted by Gasteiger charge is 2.09. The summed E-state index contributed by atoms with van der Waals surface area (Å²) in [6, 6.07) is 19.0. The Kier molecular flexibility index (Phi) is 4.46. The summed E-state index contributed by atoms with van der Waals surface area (Å²) in [7, 11) is 0. The number of fused-ring (bicyclic) bond motifs is 1. The normalized spacial score (nSPS) is 11.0. The van der Waals surface area contributed by atoms with Crippen LogP contribution in [0, 0.1) is 0 Å². The molecule has 0 aliphatic rings. The van der Waals surface area contributed by atoms with Crippen LogP contribution in [0.25, 0.3) is 10.9 Å². The minimum atomic E-state index is -0.136. The SMILES string of the molecule is O=c1c2ccccc2nnn1Cc1cc[n+](Cc2ccccc2Cl)cc1. The molecule has 0 radical (unpaired) electrons. The van der Waals surface area contributed by atoms with E-state index in [0.717, 1.165) is 16.1 Å². The maximum absolute atomic E-state index is 12.5. The van der Waals surface area contributed by atoms with Gasteiger partial charge in [0, 0.05) is 17.7 Å². The number of aromatic nitrogens is 4. The van der Waals surface area contributed by atoms with E-state index in [0.29, 0.717) is 24.0 Å². The van der Waals surface area contributed by atoms with Gasteiger partial charge in [-0.15, -0.1) is 5.10 Å². The van der Waals surface area contributed by atoms with Crippen molar-refractivity contribution in [2.75, 3.05) is 0 Å². The molecular formula is C20H16ClN4O+. The second-order valence-corrected chi connectivity index (χ2v) is 6.45. The Labute approximate surface area is 155 Å². The molecule has 128 valence electrons. The Balaban J connectivity index is 1.56. The average molecular weight is 364 g/mol. The lowest BCUT2D eigenvalue weighted by atomic mass is 10.2. The molecule has 6 heteroatoms. The number of benzene rings is 2. The molecule has 26 heavy (non-hydrogen) atoms. The summed E-state index contributed by atoms with van der Waals surface area (Å²) in [4.78, 5) is 12.5. The number of hydrogen-bond acceptors (Lipinski definition) is 3. The highest BCUT2D eigenvalue weighted by Crippen LogP contribution is 2.14. The molecule has 4 rings (SSSR count). The van der Waals surface area contributed by atoms with Gasteiger partial charge in [-0.25, -0.2) is 9.25 Å². The van der Waals surface area contributed by atoms with Crippen LogP contribution < -0.4 is 10.1 Å². The van der Waals surface area contributed by atoms with Crippen molar-refractivity contribution in [2.24, 2.45) is 0 Å². The van der Waals surface area contributed by atoms with Crippen LogP contribution in [0.4, 0.5) is 0 Å². The van der Waals surface area contributed by atoms with Gasteiger partial charge in [0.25, 0.3) is 5.56 Å². The van der Waals surface area contributed by atoms with Crippen LogP contribution in [-0.4, -0.2) is 15.0 Å². The highest BCUT2D eigenvalue weighted by molar-refractivity contribution is 6.31. The lowest BCUT2D eigenvalue weighted by Gasteiger charge is -2.05. The predicted octanol–water partition coefficient (Wildman–Crippen LogP) is 2.83. The lowest BCUT2D eigenvalue weighted by molar-refractivity contribution is -0.688. The van der Waals surface area contributed by atoms with Crippen LogP contribution >= 0.6 is 11.6 Å². The van der Waals surface area contributed by atoms with E-state index >= 15 is 0 Å². The summed E-state index contributed by atoms with van der Waals surface area (Å²) in [5, 5.41) is 9.48. The van der Waals surface area contributed by atoms with Gasteiger partial charge in [-0.2, -0.15) is 0 Å². The quantitative estimate of drug-likeness (QED) is 0.524. The molecule has 0 spiro atoms. The van der Waals surface area contributed by atoms with Crippen molar-refractivity contribution in [3.05, 3.63) is 99.6 Å². The molecular weight excluding hydrogens is 348 g/mol. The molecule has 5 nitrogen and oxygen atoms in total. The topological polar surface area (TPSA) is 51.7 Å². The Bertz CT molecular complexity index is 1120. The summed E-state index contributed by atoms with van der Waals surface area (Å²) in [5.74, 6) is 0. The van der Waals surface area contributed by atoms with Crippen molar-refractivity contribution in [3.8, 4) is 0 Å². The minimum absolute atomic E-state index is 0.136. The predicted molar refractivity (Wildman–Crippen MR) is 100 cm³/mol. The molecule has 0 aliphatic carbocycles. The first kappa shape index (κ1) is 16.4. The zero-order chi connectivity index (χ0) is 17.9. The number of rotatable bonds is 4. The second kappa shape index (κ2) is 7.06. The molecule has 0 aliphatic heterocycles. The van der Waals surface area contributed by atoms with Crippen LogP contribution in [0.2, 0.25) is 5.02 Å². The van der Waals surface area contributed by atoms with Crippen molar-refractivity contribution in [1.29, 1.82) is 0 Å². The molecule has 4 aromatic rings. The molecule has 2 aromatic heterocycles. The van der Waals surface area contributed by atoms with E-state index in [1.54, 1.807) is 12.1 Å². The van der Waals surface area contributed by atoms with Crippen LogP contribution in [0.15, 0.2) is 77.9 Å². The van der Waals surface area contributed by atoms with Gasteiger partial charge < -0.3 is 0 Å². The van der Waals surface area contributed by atoms with Gasteiger partial charge in [-0.05, 0) is 23.8 Å². The average Bonchev–Trinajstić information content (AvgIpc) is 2.67. The third-order valence-corrected chi connectivity index (χ3v) is 4.60. The van der Waals surface area contributed by atoms with Gasteiger partial charge in [-0.3, -0.25) is 4.79 Å². The molecule has 0 amide bonds. The molecule has 2 heterocycles. The van der Waals surface area contributed by atoms with Crippen molar-refractivity contribution < 1.29 is 4.57 Å². The zero-order valence-corrected chi connectivity index (χ0v) is 14.7. The number of halogens is 1. The molecule has 2 aromatic carbocycles. The van der Waals surface area contributed by atoms with Gasteiger partial charge in [0.1, 0.15) is 5.52 Å². The van der Waals surface area contributed by atoms with Gasteiger partial charge >= 0.3 is 0 Å². The zero-order valence-electron chi connectivity index (χ0n) is 13.9. The Morgan fingerprint density at radius 1 is 0.962 bits per heavy atom. The first-order valence-corrected chi connectivity index (χ1v) is 8.62. The largest absolute Gasteiger partial charge is 0.277 e. The molecule has 0 saturated carbocycles. The Hall–Kier alpha value is -3.05. The minimum Gasteiger partial charge on any atom is -0.267 e. The maximum Gasteiger partial charge on any atom is 0.277 e. The Morgan fingerprint density at radius 3 is 2.50 bits per heavy atom. The summed E-state index contributed by atoms with van der Waals surface area (Å²) < 4.78 is 3.43. The summed E-state index contributed by atoms with van der Waals surface area (Å²) >= 11 is 6.21. The van der Waals surface area contributed by atoms with E-state index in [2.05, 4.69) is 10.3 Å². The van der Waals surface area contributed by atoms with Crippen LogP contribution in [0.3, 0.4) is 0 Å². The van der Waals surface area contributed by atoms with Crippen molar-refractivity contribution >= 4 is 22.5 Å². The third kappa shape index (κ3) is 3.34. The van der Waals surface area contributed by atoms with E-state index in [1.165, 1.54) is 4.68 Å². The molecule has 0 bridgehead atoms. The number of pyridine rings is 1. The molecule has 0 N–H and O–H groups in total. The standard InChI is InChI=1S/C20H16ClN4O/c21-18-7-3-1-5-16(18)14-24-11-9-15(10-12-24)13-25-20(26)17-6-2-4-8-19(17)22-23-25/h1-12H,13-14H2/q+1. The van der Waals surface area contributed by atoms with Crippen LogP contribution in [0.1, 0.15) is 11.1 Å². The molecule has 0 unspecified atom stereocenters.